The van der Waals surface area contributed by atoms with Crippen molar-refractivity contribution in [2.75, 3.05) is 40.0 Å². The number of ether oxygens (including phenoxy) is 4. The molecule has 3 aliphatic rings. The maximum atomic E-state index is 15.1. The van der Waals surface area contributed by atoms with Crippen LogP contribution in [0.15, 0.2) is 36.2 Å². The van der Waals surface area contributed by atoms with E-state index in [-0.39, 0.29) is 36.0 Å². The molecule has 1 spiro atoms. The predicted octanol–water partition coefficient (Wildman–Crippen LogP) is 4.55. The lowest BCUT2D eigenvalue weighted by atomic mass is 9.85. The molecule has 2 aliphatic heterocycles. The molecule has 0 bridgehead atoms. The van der Waals surface area contributed by atoms with Crippen molar-refractivity contribution in [2.24, 2.45) is 5.41 Å². The van der Waals surface area contributed by atoms with Crippen molar-refractivity contribution in [3.63, 3.8) is 0 Å². The lowest BCUT2D eigenvalue weighted by Crippen LogP contribution is -2.45. The molecule has 1 amide bonds. The van der Waals surface area contributed by atoms with E-state index >= 15 is 4.39 Å². The van der Waals surface area contributed by atoms with Gasteiger partial charge < -0.3 is 23.8 Å². The predicted molar refractivity (Wildman–Crippen MR) is 134 cm³/mol. The molecule has 3 heterocycles. The van der Waals surface area contributed by atoms with Crippen LogP contribution in [0.1, 0.15) is 30.9 Å². The number of nitrogens with zero attached hydrogens (tertiary/aromatic N) is 3. The number of benzene rings is 2. The summed E-state index contributed by atoms with van der Waals surface area (Å²) in [7, 11) is 1.53. The normalized spacial score (nSPS) is 17.5. The van der Waals surface area contributed by atoms with E-state index in [4.69, 9.17) is 18.9 Å². The van der Waals surface area contributed by atoms with Gasteiger partial charge in [0.25, 0.3) is 0 Å². The van der Waals surface area contributed by atoms with E-state index in [1.807, 2.05) is 24.0 Å². The van der Waals surface area contributed by atoms with Crippen LogP contribution in [0.3, 0.4) is 0 Å². The lowest BCUT2D eigenvalue weighted by Gasteiger charge is -2.37. The Bertz CT molecular complexity index is 1420. The summed E-state index contributed by atoms with van der Waals surface area (Å²) in [6.07, 6.45) is 5.20. The Morgan fingerprint density at radius 2 is 2.05 bits per heavy atom. The molecule has 3 aromatic rings. The average Bonchev–Trinajstić information content (AvgIpc) is 3.50. The number of aromatic nitrogens is 2. The number of rotatable bonds is 7. The van der Waals surface area contributed by atoms with Gasteiger partial charge in [0.2, 0.25) is 11.8 Å². The SMILES string of the molecule is COc1cc2c(Oc3ccc4c(c3F)C=C(C)C4)ncnc2cc1OCCC(=O)N1CCC2(COC2)C1. The third-order valence-electron chi connectivity index (χ3n) is 7.37. The van der Waals surface area contributed by atoms with Crippen LogP contribution in [0.25, 0.3) is 17.0 Å². The molecular weight excluding hydrogens is 477 g/mol. The number of allylic oxidation sites excluding steroid dienone is 1. The first kappa shape index (κ1) is 23.7. The van der Waals surface area contributed by atoms with Crippen LogP contribution >= 0.6 is 0 Å². The molecule has 0 N–H and O–H groups in total. The molecule has 0 saturated carbocycles. The second kappa shape index (κ2) is 9.30. The van der Waals surface area contributed by atoms with Gasteiger partial charge >= 0.3 is 0 Å². The van der Waals surface area contributed by atoms with Crippen molar-refractivity contribution in [1.29, 1.82) is 0 Å². The topological polar surface area (TPSA) is 83.0 Å². The fraction of sp³-hybridized carbons (Fsp3) is 0.393. The third-order valence-corrected chi connectivity index (χ3v) is 7.37. The monoisotopic (exact) mass is 505 g/mol. The van der Waals surface area contributed by atoms with Crippen molar-refractivity contribution in [1.82, 2.24) is 14.9 Å². The Morgan fingerprint density at radius 1 is 1.19 bits per heavy atom. The standard InChI is InChI=1S/C28H28FN3O5/c1-17-9-18-3-4-22(26(29)19(18)10-17)37-27-20-11-23(34-2)24(12-21(20)30-16-31-27)36-8-5-25(33)32-7-6-28(13-32)14-35-15-28/h3-4,10-12,16H,5-9,13-15H2,1-2H3. The Labute approximate surface area is 214 Å². The van der Waals surface area contributed by atoms with E-state index in [2.05, 4.69) is 9.97 Å². The summed E-state index contributed by atoms with van der Waals surface area (Å²) in [4.78, 5) is 23.1. The molecule has 8 nitrogen and oxygen atoms in total. The van der Waals surface area contributed by atoms with Gasteiger partial charge in [-0.3, -0.25) is 4.79 Å². The second-order valence-electron chi connectivity index (χ2n) is 10.1. The second-order valence-corrected chi connectivity index (χ2v) is 10.1. The van der Waals surface area contributed by atoms with E-state index in [1.54, 1.807) is 18.2 Å². The van der Waals surface area contributed by atoms with E-state index in [0.717, 1.165) is 50.3 Å². The number of halogens is 1. The zero-order valence-corrected chi connectivity index (χ0v) is 20.9. The van der Waals surface area contributed by atoms with Gasteiger partial charge in [0.1, 0.15) is 6.33 Å². The van der Waals surface area contributed by atoms with Crippen LogP contribution in [0.4, 0.5) is 4.39 Å². The quantitative estimate of drug-likeness (QED) is 0.466. The number of hydrogen-bond acceptors (Lipinski definition) is 7. The van der Waals surface area contributed by atoms with Crippen LogP contribution in [0, 0.1) is 11.2 Å². The summed E-state index contributed by atoms with van der Waals surface area (Å²) >= 11 is 0. The van der Waals surface area contributed by atoms with E-state index in [0.29, 0.717) is 28.0 Å². The zero-order valence-electron chi connectivity index (χ0n) is 20.9. The molecule has 37 heavy (non-hydrogen) atoms. The van der Waals surface area contributed by atoms with E-state index < -0.39 is 5.82 Å². The Balaban J connectivity index is 1.18. The van der Waals surface area contributed by atoms with Crippen LogP contribution in [0.2, 0.25) is 0 Å². The van der Waals surface area contributed by atoms with Crippen molar-refractivity contribution >= 4 is 22.9 Å². The van der Waals surface area contributed by atoms with Gasteiger partial charge in [-0.25, -0.2) is 14.4 Å². The number of hydrogen-bond donors (Lipinski definition) is 0. The molecule has 2 fully saturated rings. The number of carbonyl (C=O) groups excluding carboxylic acids is 1. The highest BCUT2D eigenvalue weighted by atomic mass is 19.1. The molecule has 0 unspecified atom stereocenters. The van der Waals surface area contributed by atoms with Gasteiger partial charge in [-0.2, -0.15) is 0 Å². The van der Waals surface area contributed by atoms with Crippen molar-refractivity contribution in [3.05, 3.63) is 53.1 Å². The fourth-order valence-electron chi connectivity index (χ4n) is 5.28. The Morgan fingerprint density at radius 3 is 2.81 bits per heavy atom. The highest BCUT2D eigenvalue weighted by Gasteiger charge is 2.45. The Kier molecular flexibility index (Phi) is 5.95. The molecule has 192 valence electrons. The van der Waals surface area contributed by atoms with Gasteiger partial charge in [0.05, 0.1) is 44.3 Å². The molecule has 0 radical (unpaired) electrons. The van der Waals surface area contributed by atoms with Gasteiger partial charge in [-0.1, -0.05) is 17.7 Å². The maximum absolute atomic E-state index is 15.1. The van der Waals surface area contributed by atoms with Crippen LogP contribution in [-0.4, -0.2) is 60.8 Å². The highest BCUT2D eigenvalue weighted by Crippen LogP contribution is 2.39. The van der Waals surface area contributed by atoms with Crippen LogP contribution in [0.5, 0.6) is 23.1 Å². The largest absolute Gasteiger partial charge is 0.493 e. The van der Waals surface area contributed by atoms with Gasteiger partial charge in [0, 0.05) is 30.1 Å². The Hall–Kier alpha value is -3.72. The molecule has 1 aliphatic carbocycles. The summed E-state index contributed by atoms with van der Waals surface area (Å²) in [6.45, 7) is 5.19. The lowest BCUT2D eigenvalue weighted by molar-refractivity contribution is -0.135. The zero-order chi connectivity index (χ0) is 25.6. The summed E-state index contributed by atoms with van der Waals surface area (Å²) < 4.78 is 37.8. The summed E-state index contributed by atoms with van der Waals surface area (Å²) in [5, 5.41) is 0.555. The minimum Gasteiger partial charge on any atom is -0.493 e. The average molecular weight is 506 g/mol. The molecule has 1 aromatic heterocycles. The third kappa shape index (κ3) is 4.37. The number of likely N-dealkylation sites (tertiary alicyclic amines) is 1. The van der Waals surface area contributed by atoms with Crippen molar-refractivity contribution in [2.45, 2.75) is 26.2 Å². The van der Waals surface area contributed by atoms with Crippen molar-refractivity contribution in [3.8, 4) is 23.1 Å². The maximum Gasteiger partial charge on any atom is 0.230 e. The number of fused-ring (bicyclic) bond motifs is 2. The van der Waals surface area contributed by atoms with E-state index in [1.165, 1.54) is 13.4 Å². The summed E-state index contributed by atoms with van der Waals surface area (Å²) in [5.74, 6) is 0.876. The summed E-state index contributed by atoms with van der Waals surface area (Å²) in [6, 6.07) is 6.92. The summed E-state index contributed by atoms with van der Waals surface area (Å²) in [5.41, 5.74) is 3.32. The first-order valence-corrected chi connectivity index (χ1v) is 12.4. The van der Waals surface area contributed by atoms with Gasteiger partial charge in [0.15, 0.2) is 23.1 Å². The first-order chi connectivity index (χ1) is 17.9. The van der Waals surface area contributed by atoms with E-state index in [9.17, 15) is 4.79 Å². The minimum atomic E-state index is -0.411. The van der Waals surface area contributed by atoms with Crippen LogP contribution < -0.4 is 14.2 Å². The number of amides is 1. The first-order valence-electron chi connectivity index (χ1n) is 12.4. The van der Waals surface area contributed by atoms with Crippen molar-refractivity contribution < 1.29 is 28.1 Å². The van der Waals surface area contributed by atoms with Crippen LogP contribution in [-0.2, 0) is 16.0 Å². The van der Waals surface area contributed by atoms with Gasteiger partial charge in [-0.15, -0.1) is 0 Å². The fourth-order valence-corrected chi connectivity index (χ4v) is 5.28. The van der Waals surface area contributed by atoms with Gasteiger partial charge in [-0.05, 0) is 37.5 Å². The smallest absolute Gasteiger partial charge is 0.230 e. The number of methoxy groups -OCH3 is 1. The molecule has 0 atom stereocenters. The molecule has 2 aromatic carbocycles. The molecule has 6 rings (SSSR count). The minimum absolute atomic E-state index is 0.0722. The molecular formula is C28H28FN3O5. The molecule has 9 heteroatoms. The number of carbonyl (C=O) groups is 1. The molecule has 2 saturated heterocycles. The highest BCUT2D eigenvalue weighted by molar-refractivity contribution is 5.87.